The Labute approximate surface area is 142 Å². The SMILES string of the molecule is CCc1n[nH]c(=O)c(CNS(=O)(=O)c2cc(C)ccc2C)c1CC. The van der Waals surface area contributed by atoms with Crippen LogP contribution >= 0.6 is 0 Å². The summed E-state index contributed by atoms with van der Waals surface area (Å²) in [5.74, 6) is 0. The fourth-order valence-electron chi connectivity index (χ4n) is 2.70. The third-order valence-electron chi connectivity index (χ3n) is 4.04. The molecule has 0 amide bonds. The molecule has 1 aromatic heterocycles. The van der Waals surface area contributed by atoms with Gasteiger partial charge < -0.3 is 0 Å². The Morgan fingerprint density at radius 2 is 1.83 bits per heavy atom. The molecular weight excluding hydrogens is 326 g/mol. The highest BCUT2D eigenvalue weighted by Gasteiger charge is 2.19. The van der Waals surface area contributed by atoms with Crippen molar-refractivity contribution in [2.45, 2.75) is 52.0 Å². The zero-order valence-corrected chi connectivity index (χ0v) is 15.3. The Kier molecular flexibility index (Phi) is 5.56. The van der Waals surface area contributed by atoms with Gasteiger partial charge >= 0.3 is 0 Å². The Morgan fingerprint density at radius 3 is 2.46 bits per heavy atom. The van der Waals surface area contributed by atoms with E-state index in [0.29, 0.717) is 24.0 Å². The van der Waals surface area contributed by atoms with E-state index in [9.17, 15) is 13.2 Å². The normalized spacial score (nSPS) is 11.7. The summed E-state index contributed by atoms with van der Waals surface area (Å²) in [6, 6.07) is 5.27. The van der Waals surface area contributed by atoms with Crippen LogP contribution in [0.15, 0.2) is 27.9 Å². The minimum atomic E-state index is -3.70. The molecule has 0 aliphatic rings. The van der Waals surface area contributed by atoms with Crippen molar-refractivity contribution in [1.82, 2.24) is 14.9 Å². The third kappa shape index (κ3) is 3.73. The summed E-state index contributed by atoms with van der Waals surface area (Å²) in [5.41, 5.74) is 3.21. The van der Waals surface area contributed by atoms with Crippen molar-refractivity contribution in [2.24, 2.45) is 0 Å². The first-order valence-electron chi connectivity index (χ1n) is 7.96. The molecule has 0 aliphatic heterocycles. The summed E-state index contributed by atoms with van der Waals surface area (Å²) in [5, 5.41) is 6.49. The molecule has 0 saturated heterocycles. The highest BCUT2D eigenvalue weighted by molar-refractivity contribution is 7.89. The summed E-state index contributed by atoms with van der Waals surface area (Å²) in [7, 11) is -3.70. The van der Waals surface area contributed by atoms with Gasteiger partial charge in [0.15, 0.2) is 0 Å². The van der Waals surface area contributed by atoms with Gasteiger partial charge in [-0.3, -0.25) is 4.79 Å². The maximum atomic E-state index is 12.6. The fourth-order valence-corrected chi connectivity index (χ4v) is 4.03. The zero-order valence-electron chi connectivity index (χ0n) is 14.4. The van der Waals surface area contributed by atoms with E-state index in [1.165, 1.54) is 0 Å². The van der Waals surface area contributed by atoms with Crippen LogP contribution < -0.4 is 10.3 Å². The molecule has 0 bridgehead atoms. The van der Waals surface area contributed by atoms with Crippen molar-refractivity contribution in [3.63, 3.8) is 0 Å². The molecule has 0 fully saturated rings. The monoisotopic (exact) mass is 349 g/mol. The van der Waals surface area contributed by atoms with Gasteiger partial charge in [0.25, 0.3) is 5.56 Å². The van der Waals surface area contributed by atoms with Crippen LogP contribution in [-0.4, -0.2) is 18.6 Å². The van der Waals surface area contributed by atoms with Gasteiger partial charge in [0, 0.05) is 12.1 Å². The zero-order chi connectivity index (χ0) is 17.9. The summed E-state index contributed by atoms with van der Waals surface area (Å²) >= 11 is 0. The second-order valence-electron chi connectivity index (χ2n) is 5.76. The molecule has 130 valence electrons. The van der Waals surface area contributed by atoms with Crippen molar-refractivity contribution in [1.29, 1.82) is 0 Å². The molecular formula is C17H23N3O3S. The van der Waals surface area contributed by atoms with Gasteiger partial charge in [-0.05, 0) is 49.4 Å². The molecule has 6 nitrogen and oxygen atoms in total. The van der Waals surface area contributed by atoms with Crippen molar-refractivity contribution in [3.05, 3.63) is 56.5 Å². The lowest BCUT2D eigenvalue weighted by Crippen LogP contribution is -2.30. The second-order valence-corrected chi connectivity index (χ2v) is 7.49. The first kappa shape index (κ1) is 18.4. The van der Waals surface area contributed by atoms with Gasteiger partial charge in [-0.2, -0.15) is 5.10 Å². The number of rotatable bonds is 6. The molecule has 0 aliphatic carbocycles. The topological polar surface area (TPSA) is 91.9 Å². The maximum Gasteiger partial charge on any atom is 0.268 e. The number of nitrogens with one attached hydrogen (secondary N) is 2. The van der Waals surface area contributed by atoms with E-state index in [2.05, 4.69) is 14.9 Å². The molecule has 0 radical (unpaired) electrons. The van der Waals surface area contributed by atoms with Crippen LogP contribution in [0.4, 0.5) is 0 Å². The number of nitrogens with zero attached hydrogens (tertiary/aromatic N) is 1. The van der Waals surface area contributed by atoms with Gasteiger partial charge in [-0.1, -0.05) is 26.0 Å². The lowest BCUT2D eigenvalue weighted by atomic mass is 10.0. The van der Waals surface area contributed by atoms with Crippen LogP contribution in [0.5, 0.6) is 0 Å². The van der Waals surface area contributed by atoms with Crippen molar-refractivity contribution in [2.75, 3.05) is 0 Å². The van der Waals surface area contributed by atoms with Crippen LogP contribution in [0.1, 0.15) is 41.8 Å². The minimum absolute atomic E-state index is 0.0518. The smallest absolute Gasteiger partial charge is 0.268 e. The largest absolute Gasteiger partial charge is 0.268 e. The van der Waals surface area contributed by atoms with Crippen molar-refractivity contribution in [3.8, 4) is 0 Å². The Morgan fingerprint density at radius 1 is 1.12 bits per heavy atom. The van der Waals surface area contributed by atoms with Crippen LogP contribution in [0.25, 0.3) is 0 Å². The number of aryl methyl sites for hydroxylation is 3. The van der Waals surface area contributed by atoms with Gasteiger partial charge in [-0.25, -0.2) is 18.2 Å². The summed E-state index contributed by atoms with van der Waals surface area (Å²) in [6.07, 6.45) is 1.30. The molecule has 7 heteroatoms. The highest BCUT2D eigenvalue weighted by Crippen LogP contribution is 2.17. The van der Waals surface area contributed by atoms with Crippen LogP contribution in [0, 0.1) is 13.8 Å². The van der Waals surface area contributed by atoms with Gasteiger partial charge in [0.2, 0.25) is 10.0 Å². The number of benzene rings is 1. The molecule has 0 saturated carbocycles. The average molecular weight is 349 g/mol. The van der Waals surface area contributed by atoms with Crippen molar-refractivity contribution >= 4 is 10.0 Å². The minimum Gasteiger partial charge on any atom is -0.268 e. The van der Waals surface area contributed by atoms with Gasteiger partial charge in [0.05, 0.1) is 10.6 Å². The van der Waals surface area contributed by atoms with E-state index in [4.69, 9.17) is 0 Å². The second kappa shape index (κ2) is 7.27. The lowest BCUT2D eigenvalue weighted by molar-refractivity contribution is 0.579. The summed E-state index contributed by atoms with van der Waals surface area (Å²) < 4.78 is 27.8. The average Bonchev–Trinajstić information content (AvgIpc) is 2.55. The molecule has 24 heavy (non-hydrogen) atoms. The van der Waals surface area contributed by atoms with E-state index in [-0.39, 0.29) is 17.0 Å². The van der Waals surface area contributed by atoms with Crippen LogP contribution in [0.3, 0.4) is 0 Å². The van der Waals surface area contributed by atoms with E-state index in [1.807, 2.05) is 26.8 Å². The van der Waals surface area contributed by atoms with Crippen LogP contribution in [-0.2, 0) is 29.4 Å². The van der Waals surface area contributed by atoms with E-state index in [1.54, 1.807) is 19.1 Å². The number of hydrogen-bond acceptors (Lipinski definition) is 4. The fraction of sp³-hybridized carbons (Fsp3) is 0.412. The Bertz CT molecular complexity index is 902. The Hall–Kier alpha value is -1.99. The number of hydrogen-bond donors (Lipinski definition) is 2. The molecule has 2 N–H and O–H groups in total. The summed E-state index contributed by atoms with van der Waals surface area (Å²) in [4.78, 5) is 12.3. The molecule has 0 spiro atoms. The molecule has 0 unspecified atom stereocenters. The number of H-pyrrole nitrogens is 1. The maximum absolute atomic E-state index is 12.6. The first-order valence-corrected chi connectivity index (χ1v) is 9.44. The molecule has 1 heterocycles. The van der Waals surface area contributed by atoms with Crippen LogP contribution in [0.2, 0.25) is 0 Å². The molecule has 2 rings (SSSR count). The summed E-state index contributed by atoms with van der Waals surface area (Å²) in [6.45, 7) is 7.42. The van der Waals surface area contributed by atoms with Gasteiger partial charge in [0.1, 0.15) is 0 Å². The quantitative estimate of drug-likeness (QED) is 0.834. The van der Waals surface area contributed by atoms with Gasteiger partial charge in [-0.15, -0.1) is 0 Å². The Balaban J connectivity index is 2.37. The highest BCUT2D eigenvalue weighted by atomic mass is 32.2. The predicted molar refractivity (Wildman–Crippen MR) is 93.6 cm³/mol. The van der Waals surface area contributed by atoms with Crippen molar-refractivity contribution < 1.29 is 8.42 Å². The standard InChI is InChI=1S/C17H23N3O3S/c1-5-13-14(17(21)20-19-15(13)6-2)10-18-24(22,23)16-9-11(3)7-8-12(16)4/h7-9,18H,5-6,10H2,1-4H3,(H,20,21). The molecule has 0 atom stereocenters. The lowest BCUT2D eigenvalue weighted by Gasteiger charge is -2.13. The number of aromatic amines is 1. The van der Waals surface area contributed by atoms with E-state index < -0.39 is 10.0 Å². The predicted octanol–water partition coefficient (Wildman–Crippen LogP) is 1.99. The van der Waals surface area contributed by atoms with E-state index >= 15 is 0 Å². The molecule has 1 aromatic carbocycles. The van der Waals surface area contributed by atoms with E-state index in [0.717, 1.165) is 16.8 Å². The number of aromatic nitrogens is 2. The third-order valence-corrected chi connectivity index (χ3v) is 5.58. The number of sulfonamides is 1. The first-order chi connectivity index (χ1) is 11.3. The molecule has 2 aromatic rings.